The molecule has 0 N–H and O–H groups in total. The first-order chi connectivity index (χ1) is 29.2. The number of aromatic nitrogens is 1. The largest absolute Gasteiger partial charge is 0.332 e. The number of allylic oxidation sites excluding steroid dienone is 4. The van der Waals surface area contributed by atoms with Crippen molar-refractivity contribution in [3.8, 4) is 33.4 Å². The quantitative estimate of drug-likeness (QED) is 0.157. The zero-order valence-electron chi connectivity index (χ0n) is 32.9. The number of anilines is 3. The summed E-state index contributed by atoms with van der Waals surface area (Å²) in [5.41, 5.74) is 13.1. The van der Waals surface area contributed by atoms with Crippen molar-refractivity contribution < 1.29 is 0 Å². The molecule has 0 aliphatic heterocycles. The SMILES string of the molecule is CC1C=CC=CC1n1c2cccc(-c3cccc(N(c4ccc(-c5cccc6ccccc56)cc4)c4ccccc4-c4ccccc4)c3)c2c2ccc3ccccc3c21. The molecule has 1 aliphatic carbocycles. The molecule has 0 spiro atoms. The monoisotopic (exact) mass is 754 g/mol. The van der Waals surface area contributed by atoms with Crippen LogP contribution in [0.25, 0.3) is 76.7 Å². The number of nitrogens with zero attached hydrogens (tertiary/aromatic N) is 2. The molecule has 59 heavy (non-hydrogen) atoms. The fourth-order valence-corrected chi connectivity index (χ4v) is 9.48. The lowest BCUT2D eigenvalue weighted by atomic mass is 9.96. The minimum absolute atomic E-state index is 0.203. The van der Waals surface area contributed by atoms with E-state index in [0.717, 1.165) is 17.1 Å². The van der Waals surface area contributed by atoms with Gasteiger partial charge in [-0.05, 0) is 86.3 Å². The van der Waals surface area contributed by atoms with Crippen LogP contribution in [0.3, 0.4) is 0 Å². The number of para-hydroxylation sites is 1. The Hall–Kier alpha value is -7.42. The van der Waals surface area contributed by atoms with Gasteiger partial charge in [-0.2, -0.15) is 0 Å². The Morgan fingerprint density at radius 2 is 1.05 bits per heavy atom. The predicted molar refractivity (Wildman–Crippen MR) is 252 cm³/mol. The minimum atomic E-state index is 0.203. The van der Waals surface area contributed by atoms with Crippen LogP contribution in [0.5, 0.6) is 0 Å². The molecule has 11 rings (SSSR count). The highest BCUT2D eigenvalue weighted by Crippen LogP contribution is 2.46. The average molecular weight is 755 g/mol. The van der Waals surface area contributed by atoms with Crippen LogP contribution in [0.2, 0.25) is 0 Å². The molecule has 0 saturated heterocycles. The van der Waals surface area contributed by atoms with Crippen molar-refractivity contribution in [1.82, 2.24) is 4.57 Å². The molecule has 2 atom stereocenters. The van der Waals surface area contributed by atoms with Crippen molar-refractivity contribution in [1.29, 1.82) is 0 Å². The molecule has 9 aromatic carbocycles. The second-order valence-corrected chi connectivity index (χ2v) is 15.7. The lowest BCUT2D eigenvalue weighted by Crippen LogP contribution is -2.15. The standard InChI is InChI=1S/C57H42N2/c1-39-16-5-11-29-53(39)59-55-31-15-28-50(56(55)52-37-34-42-20-7-9-26-51(42)57(52)59)44-22-13-23-46(38-44)58(54-30-12-10-25-49(54)41-17-3-2-4-18-41)45-35-32-43(33-36-45)48-27-14-21-40-19-6-8-24-47(40)48/h2-39,53H,1H3. The maximum absolute atomic E-state index is 2.60. The predicted octanol–water partition coefficient (Wildman–Crippen LogP) is 15.9. The second-order valence-electron chi connectivity index (χ2n) is 15.7. The highest BCUT2D eigenvalue weighted by molar-refractivity contribution is 6.21. The van der Waals surface area contributed by atoms with Crippen molar-refractivity contribution in [2.24, 2.45) is 5.92 Å². The van der Waals surface area contributed by atoms with E-state index in [1.54, 1.807) is 0 Å². The Bertz CT molecular complexity index is 3230. The second kappa shape index (κ2) is 14.5. The van der Waals surface area contributed by atoms with E-state index in [1.807, 2.05) is 0 Å². The molecule has 1 aromatic heterocycles. The Morgan fingerprint density at radius 3 is 1.90 bits per heavy atom. The van der Waals surface area contributed by atoms with Gasteiger partial charge in [0.2, 0.25) is 0 Å². The molecule has 280 valence electrons. The molecule has 0 radical (unpaired) electrons. The summed E-state index contributed by atoms with van der Waals surface area (Å²) in [5.74, 6) is 0.356. The van der Waals surface area contributed by atoms with E-state index in [9.17, 15) is 0 Å². The van der Waals surface area contributed by atoms with Crippen LogP contribution < -0.4 is 4.90 Å². The van der Waals surface area contributed by atoms with Gasteiger partial charge >= 0.3 is 0 Å². The molecular formula is C57H42N2. The normalized spacial score (nSPS) is 15.1. The maximum Gasteiger partial charge on any atom is 0.0586 e. The first-order valence-electron chi connectivity index (χ1n) is 20.6. The van der Waals surface area contributed by atoms with Gasteiger partial charge in [0.25, 0.3) is 0 Å². The van der Waals surface area contributed by atoms with Crippen LogP contribution in [0.1, 0.15) is 13.0 Å². The van der Waals surface area contributed by atoms with Crippen molar-refractivity contribution in [3.05, 3.63) is 224 Å². The summed E-state index contributed by atoms with van der Waals surface area (Å²) < 4.78 is 2.60. The summed E-state index contributed by atoms with van der Waals surface area (Å²) in [6, 6.07) is 73.5. The lowest BCUT2D eigenvalue weighted by Gasteiger charge is -2.28. The molecule has 2 nitrogen and oxygen atoms in total. The molecule has 0 saturated carbocycles. The fourth-order valence-electron chi connectivity index (χ4n) is 9.48. The third kappa shape index (κ3) is 5.96. The van der Waals surface area contributed by atoms with Crippen LogP contribution in [0, 0.1) is 5.92 Å². The van der Waals surface area contributed by atoms with Gasteiger partial charge < -0.3 is 9.47 Å². The van der Waals surface area contributed by atoms with Crippen molar-refractivity contribution in [2.75, 3.05) is 4.90 Å². The van der Waals surface area contributed by atoms with Crippen LogP contribution >= 0.6 is 0 Å². The van der Waals surface area contributed by atoms with E-state index in [2.05, 4.69) is 241 Å². The zero-order chi connectivity index (χ0) is 39.3. The van der Waals surface area contributed by atoms with E-state index in [4.69, 9.17) is 0 Å². The molecule has 10 aromatic rings. The highest BCUT2D eigenvalue weighted by Gasteiger charge is 2.25. The first kappa shape index (κ1) is 34.8. The van der Waals surface area contributed by atoms with Gasteiger partial charge in [0, 0.05) is 33.1 Å². The van der Waals surface area contributed by atoms with Crippen LogP contribution in [0.15, 0.2) is 224 Å². The smallest absolute Gasteiger partial charge is 0.0586 e. The van der Waals surface area contributed by atoms with Gasteiger partial charge in [-0.15, -0.1) is 0 Å². The van der Waals surface area contributed by atoms with E-state index < -0.39 is 0 Å². The summed E-state index contributed by atoms with van der Waals surface area (Å²) in [6.45, 7) is 2.33. The van der Waals surface area contributed by atoms with Gasteiger partial charge in [0.05, 0.1) is 22.8 Å². The number of benzene rings is 9. The fraction of sp³-hybridized carbons (Fsp3) is 0.0526. The lowest BCUT2D eigenvalue weighted by molar-refractivity contribution is 0.510. The summed E-state index contributed by atoms with van der Waals surface area (Å²) >= 11 is 0. The molecule has 2 heteroatoms. The molecular weight excluding hydrogens is 713 g/mol. The summed E-state index contributed by atoms with van der Waals surface area (Å²) in [4.78, 5) is 2.43. The third-order valence-electron chi connectivity index (χ3n) is 12.3. The summed E-state index contributed by atoms with van der Waals surface area (Å²) in [6.07, 6.45) is 9.09. The summed E-state index contributed by atoms with van der Waals surface area (Å²) in [7, 11) is 0. The molecule has 0 amide bonds. The van der Waals surface area contributed by atoms with E-state index in [1.165, 1.54) is 76.7 Å². The third-order valence-corrected chi connectivity index (χ3v) is 12.3. The average Bonchev–Trinajstić information content (AvgIpc) is 3.65. The molecule has 2 unspecified atom stereocenters. The van der Waals surface area contributed by atoms with Gasteiger partial charge in [-0.25, -0.2) is 0 Å². The Morgan fingerprint density at radius 1 is 0.424 bits per heavy atom. The Kier molecular flexibility index (Phi) is 8.56. The molecule has 1 aliphatic rings. The minimum Gasteiger partial charge on any atom is -0.332 e. The van der Waals surface area contributed by atoms with Crippen LogP contribution in [-0.4, -0.2) is 4.57 Å². The van der Waals surface area contributed by atoms with Gasteiger partial charge in [-0.3, -0.25) is 0 Å². The Balaban J connectivity index is 1.11. The molecule has 1 heterocycles. The maximum atomic E-state index is 2.60. The van der Waals surface area contributed by atoms with Crippen molar-refractivity contribution in [3.63, 3.8) is 0 Å². The summed E-state index contributed by atoms with van der Waals surface area (Å²) in [5, 5.41) is 7.62. The van der Waals surface area contributed by atoms with E-state index >= 15 is 0 Å². The van der Waals surface area contributed by atoms with Crippen molar-refractivity contribution in [2.45, 2.75) is 13.0 Å². The Labute approximate surface area is 345 Å². The highest BCUT2D eigenvalue weighted by atomic mass is 15.1. The van der Waals surface area contributed by atoms with E-state index in [0.29, 0.717) is 5.92 Å². The number of rotatable bonds is 7. The number of hydrogen-bond acceptors (Lipinski definition) is 1. The number of fused-ring (bicyclic) bond motifs is 6. The van der Waals surface area contributed by atoms with Gasteiger partial charge in [0.15, 0.2) is 0 Å². The van der Waals surface area contributed by atoms with Crippen LogP contribution in [0.4, 0.5) is 17.1 Å². The van der Waals surface area contributed by atoms with Crippen molar-refractivity contribution >= 4 is 60.4 Å². The van der Waals surface area contributed by atoms with Crippen LogP contribution in [-0.2, 0) is 0 Å². The van der Waals surface area contributed by atoms with Gasteiger partial charge in [0.1, 0.15) is 0 Å². The first-order valence-corrected chi connectivity index (χ1v) is 20.6. The molecule has 0 bridgehead atoms. The van der Waals surface area contributed by atoms with Gasteiger partial charge in [-0.1, -0.05) is 195 Å². The van der Waals surface area contributed by atoms with E-state index in [-0.39, 0.29) is 6.04 Å². The topological polar surface area (TPSA) is 8.17 Å². The number of hydrogen-bond donors (Lipinski definition) is 0. The molecule has 0 fully saturated rings. The zero-order valence-corrected chi connectivity index (χ0v) is 32.9.